The normalized spacial score (nSPS) is 19.0. The number of hydrogen-bond donors (Lipinski definition) is 2. The molecule has 0 aliphatic heterocycles. The summed E-state index contributed by atoms with van der Waals surface area (Å²) in [6.45, 7) is 7.39. The Morgan fingerprint density at radius 1 is 1.21 bits per heavy atom. The second kappa shape index (κ2) is 6.38. The van der Waals surface area contributed by atoms with Gasteiger partial charge in [-0.25, -0.2) is 4.79 Å². The molecule has 24 heavy (non-hydrogen) atoms. The van der Waals surface area contributed by atoms with Gasteiger partial charge in [0.15, 0.2) is 5.16 Å². The van der Waals surface area contributed by atoms with E-state index in [9.17, 15) is 9.59 Å². The van der Waals surface area contributed by atoms with E-state index in [0.717, 1.165) is 23.8 Å². The summed E-state index contributed by atoms with van der Waals surface area (Å²) in [4.78, 5) is 24.1. The first-order valence-corrected chi connectivity index (χ1v) is 9.37. The molecule has 3 rings (SSSR count). The Balaban J connectivity index is 1.61. The van der Waals surface area contributed by atoms with Gasteiger partial charge >= 0.3 is 6.03 Å². The molecule has 132 valence electrons. The van der Waals surface area contributed by atoms with E-state index in [1.54, 1.807) is 6.92 Å². The fraction of sp³-hybridized carbons (Fsp3) is 0.750. The predicted octanol–water partition coefficient (Wildman–Crippen LogP) is 2.60. The van der Waals surface area contributed by atoms with Crippen LogP contribution in [0.2, 0.25) is 0 Å². The quantitative estimate of drug-likeness (QED) is 0.796. The minimum Gasteiger partial charge on any atom is -0.333 e. The molecule has 2 saturated carbocycles. The summed E-state index contributed by atoms with van der Waals surface area (Å²) >= 11 is 1.37. The Labute approximate surface area is 146 Å². The van der Waals surface area contributed by atoms with Crippen molar-refractivity contribution < 1.29 is 9.59 Å². The molecule has 1 unspecified atom stereocenters. The molecule has 0 bridgehead atoms. The SMILES string of the molecule is CC(Sc1nnc(C2CC2)n1C1CC1)C(=O)NC(=O)NC(C)(C)C. The van der Waals surface area contributed by atoms with Gasteiger partial charge in [0.1, 0.15) is 5.82 Å². The second-order valence-corrected chi connectivity index (χ2v) is 8.98. The lowest BCUT2D eigenvalue weighted by Crippen LogP contribution is -2.49. The first-order valence-electron chi connectivity index (χ1n) is 8.49. The maximum absolute atomic E-state index is 12.2. The van der Waals surface area contributed by atoms with Crippen molar-refractivity contribution in [3.05, 3.63) is 5.82 Å². The van der Waals surface area contributed by atoms with Gasteiger partial charge < -0.3 is 9.88 Å². The van der Waals surface area contributed by atoms with Gasteiger partial charge in [0, 0.05) is 17.5 Å². The molecule has 0 aromatic carbocycles. The molecule has 3 amide bonds. The molecule has 2 aliphatic carbocycles. The summed E-state index contributed by atoms with van der Waals surface area (Å²) in [6, 6.07) is 0.0137. The minimum absolute atomic E-state index is 0.319. The number of thioether (sulfide) groups is 1. The number of amides is 3. The van der Waals surface area contributed by atoms with Gasteiger partial charge in [-0.3, -0.25) is 10.1 Å². The molecule has 0 radical (unpaired) electrons. The van der Waals surface area contributed by atoms with Crippen LogP contribution in [-0.2, 0) is 4.79 Å². The fourth-order valence-electron chi connectivity index (χ4n) is 2.46. The molecule has 1 atom stereocenters. The maximum Gasteiger partial charge on any atom is 0.321 e. The largest absolute Gasteiger partial charge is 0.333 e. The fourth-order valence-corrected chi connectivity index (χ4v) is 3.39. The van der Waals surface area contributed by atoms with Gasteiger partial charge in [-0.2, -0.15) is 0 Å². The Hall–Kier alpha value is -1.57. The van der Waals surface area contributed by atoms with E-state index in [2.05, 4.69) is 25.4 Å². The maximum atomic E-state index is 12.2. The van der Waals surface area contributed by atoms with Crippen LogP contribution in [0.15, 0.2) is 5.16 Å². The Morgan fingerprint density at radius 3 is 2.42 bits per heavy atom. The smallest absolute Gasteiger partial charge is 0.321 e. The van der Waals surface area contributed by atoms with Crippen LogP contribution < -0.4 is 10.6 Å². The Bertz CT molecular complexity index is 643. The predicted molar refractivity (Wildman–Crippen MR) is 92.0 cm³/mol. The summed E-state index contributed by atoms with van der Waals surface area (Å²) in [7, 11) is 0. The Kier molecular flexibility index (Phi) is 4.59. The minimum atomic E-state index is -0.470. The summed E-state index contributed by atoms with van der Waals surface area (Å²) in [5.74, 6) is 1.28. The molecule has 1 aromatic rings. The van der Waals surface area contributed by atoms with E-state index in [0.29, 0.717) is 12.0 Å². The molecular formula is C16H25N5O2S. The number of carbonyl (C=O) groups is 2. The first-order chi connectivity index (χ1) is 11.2. The van der Waals surface area contributed by atoms with Gasteiger partial charge in [0.25, 0.3) is 0 Å². The number of nitrogens with zero attached hydrogens (tertiary/aromatic N) is 3. The van der Waals surface area contributed by atoms with E-state index in [1.165, 1.54) is 24.6 Å². The molecular weight excluding hydrogens is 326 g/mol. The zero-order valence-electron chi connectivity index (χ0n) is 14.6. The van der Waals surface area contributed by atoms with Crippen molar-refractivity contribution in [1.29, 1.82) is 0 Å². The third-order valence-corrected chi connectivity index (χ3v) is 4.98. The molecule has 2 aliphatic rings. The van der Waals surface area contributed by atoms with Crippen LogP contribution in [0.5, 0.6) is 0 Å². The average molecular weight is 351 g/mol. The van der Waals surface area contributed by atoms with E-state index in [-0.39, 0.29) is 11.4 Å². The number of imide groups is 1. The first kappa shape index (κ1) is 17.3. The van der Waals surface area contributed by atoms with E-state index >= 15 is 0 Å². The standard InChI is InChI=1S/C16H25N5O2S/c1-9(13(22)17-14(23)18-16(2,3)4)24-15-20-19-12(10-5-6-10)21(15)11-7-8-11/h9-11H,5-8H2,1-4H3,(H2,17,18,22,23). The molecule has 2 N–H and O–H groups in total. The monoisotopic (exact) mass is 351 g/mol. The molecule has 8 heteroatoms. The highest BCUT2D eigenvalue weighted by atomic mass is 32.2. The van der Waals surface area contributed by atoms with Gasteiger partial charge in [0.05, 0.1) is 5.25 Å². The second-order valence-electron chi connectivity index (χ2n) is 7.67. The number of urea groups is 1. The zero-order chi connectivity index (χ0) is 17.5. The highest BCUT2D eigenvalue weighted by molar-refractivity contribution is 8.00. The van der Waals surface area contributed by atoms with Crippen LogP contribution in [0.1, 0.15) is 71.2 Å². The van der Waals surface area contributed by atoms with Crippen LogP contribution in [0.3, 0.4) is 0 Å². The topological polar surface area (TPSA) is 88.9 Å². The lowest BCUT2D eigenvalue weighted by Gasteiger charge is -2.21. The van der Waals surface area contributed by atoms with Crippen LogP contribution >= 0.6 is 11.8 Å². The van der Waals surface area contributed by atoms with Crippen molar-refractivity contribution in [3.8, 4) is 0 Å². The molecule has 0 spiro atoms. The number of nitrogens with one attached hydrogen (secondary N) is 2. The number of hydrogen-bond acceptors (Lipinski definition) is 5. The van der Waals surface area contributed by atoms with Crippen LogP contribution in [-0.4, -0.2) is 37.5 Å². The Morgan fingerprint density at radius 2 is 1.88 bits per heavy atom. The van der Waals surface area contributed by atoms with E-state index in [1.807, 2.05) is 20.8 Å². The van der Waals surface area contributed by atoms with Gasteiger partial charge in [-0.1, -0.05) is 11.8 Å². The summed E-state index contributed by atoms with van der Waals surface area (Å²) in [6.07, 6.45) is 4.66. The van der Waals surface area contributed by atoms with Crippen LogP contribution in [0.4, 0.5) is 4.79 Å². The summed E-state index contributed by atoms with van der Waals surface area (Å²) < 4.78 is 2.21. The lowest BCUT2D eigenvalue weighted by molar-refractivity contribution is -0.119. The molecule has 2 fully saturated rings. The number of aromatic nitrogens is 3. The zero-order valence-corrected chi connectivity index (χ0v) is 15.4. The van der Waals surface area contributed by atoms with Crippen molar-refractivity contribution in [2.45, 2.75) is 81.3 Å². The summed E-state index contributed by atoms with van der Waals surface area (Å²) in [5, 5.41) is 14.1. The van der Waals surface area contributed by atoms with Crippen LogP contribution in [0, 0.1) is 0 Å². The average Bonchev–Trinajstić information content (AvgIpc) is 3.36. The third-order valence-electron chi connectivity index (χ3n) is 3.92. The van der Waals surface area contributed by atoms with Gasteiger partial charge in [-0.05, 0) is 53.4 Å². The number of rotatable bonds is 5. The highest BCUT2D eigenvalue weighted by Crippen LogP contribution is 2.46. The number of carbonyl (C=O) groups excluding carboxylic acids is 2. The third kappa shape index (κ3) is 4.28. The molecule has 1 aromatic heterocycles. The molecule has 0 saturated heterocycles. The van der Waals surface area contributed by atoms with E-state index < -0.39 is 11.3 Å². The molecule has 7 nitrogen and oxygen atoms in total. The van der Waals surface area contributed by atoms with Crippen molar-refractivity contribution in [1.82, 2.24) is 25.4 Å². The van der Waals surface area contributed by atoms with Gasteiger partial charge in [0.2, 0.25) is 5.91 Å². The van der Waals surface area contributed by atoms with E-state index in [4.69, 9.17) is 0 Å². The lowest BCUT2D eigenvalue weighted by atomic mass is 10.1. The van der Waals surface area contributed by atoms with Crippen molar-refractivity contribution in [2.75, 3.05) is 0 Å². The van der Waals surface area contributed by atoms with Crippen LogP contribution in [0.25, 0.3) is 0 Å². The van der Waals surface area contributed by atoms with Crippen molar-refractivity contribution >= 4 is 23.7 Å². The van der Waals surface area contributed by atoms with Crippen molar-refractivity contribution in [3.63, 3.8) is 0 Å². The summed E-state index contributed by atoms with van der Waals surface area (Å²) in [5.41, 5.74) is -0.383. The van der Waals surface area contributed by atoms with Gasteiger partial charge in [-0.15, -0.1) is 10.2 Å². The highest BCUT2D eigenvalue weighted by Gasteiger charge is 2.37. The van der Waals surface area contributed by atoms with Crippen molar-refractivity contribution in [2.24, 2.45) is 0 Å². The molecule has 1 heterocycles.